The summed E-state index contributed by atoms with van der Waals surface area (Å²) in [6.07, 6.45) is 4.09. The maximum Gasteiger partial charge on any atom is 0.130 e. The van der Waals surface area contributed by atoms with Crippen molar-refractivity contribution in [2.75, 3.05) is 11.1 Å². The van der Waals surface area contributed by atoms with Crippen molar-refractivity contribution in [2.24, 2.45) is 0 Å². The molecular formula is C10H14BrN3S. The average molecular weight is 288 g/mol. The Morgan fingerprint density at radius 1 is 1.47 bits per heavy atom. The first kappa shape index (κ1) is 11.2. The second kappa shape index (κ2) is 5.16. The van der Waals surface area contributed by atoms with Gasteiger partial charge in [-0.1, -0.05) is 6.92 Å². The van der Waals surface area contributed by atoms with Crippen LogP contribution in [0.2, 0.25) is 0 Å². The van der Waals surface area contributed by atoms with Crippen LogP contribution in [-0.4, -0.2) is 27.0 Å². The number of hydrogen-bond acceptors (Lipinski definition) is 4. The van der Waals surface area contributed by atoms with Crippen molar-refractivity contribution in [3.05, 3.63) is 17.0 Å². The normalized spacial score (nSPS) is 26.3. The van der Waals surface area contributed by atoms with Crippen LogP contribution < -0.4 is 5.32 Å². The summed E-state index contributed by atoms with van der Waals surface area (Å²) >= 11 is 5.37. The lowest BCUT2D eigenvalue weighted by molar-refractivity contribution is 0.634. The number of nitrogens with zero attached hydrogens (tertiary/aromatic N) is 2. The summed E-state index contributed by atoms with van der Waals surface area (Å²) in [4.78, 5) is 8.20. The molecule has 0 amide bonds. The van der Waals surface area contributed by atoms with E-state index >= 15 is 0 Å². The number of thioether (sulfide) groups is 1. The summed E-state index contributed by atoms with van der Waals surface area (Å²) in [5, 5.41) is 4.25. The van der Waals surface area contributed by atoms with Crippen LogP contribution in [0.5, 0.6) is 0 Å². The lowest BCUT2D eigenvalue weighted by atomic mass is 10.1. The van der Waals surface area contributed by atoms with E-state index in [1.807, 2.05) is 17.8 Å². The molecule has 2 heterocycles. The Kier molecular flexibility index (Phi) is 3.86. The van der Waals surface area contributed by atoms with Gasteiger partial charge in [0.1, 0.15) is 16.7 Å². The molecule has 5 heteroatoms. The fraction of sp³-hybridized carbons (Fsp3) is 0.600. The molecule has 0 aromatic carbocycles. The molecule has 0 radical (unpaired) electrons. The number of rotatable bonds is 2. The number of hydrogen-bond donors (Lipinski definition) is 1. The van der Waals surface area contributed by atoms with E-state index < -0.39 is 0 Å². The van der Waals surface area contributed by atoms with Crippen molar-refractivity contribution in [3.8, 4) is 0 Å². The standard InChI is InChI=1S/C10H14BrN3S/c1-7-2-3-8(5-15-7)14-10-4-9(11)12-6-13-10/h4,6-8H,2-3,5H2,1H3,(H,12,13,14). The largest absolute Gasteiger partial charge is 0.366 e. The monoisotopic (exact) mass is 287 g/mol. The van der Waals surface area contributed by atoms with E-state index in [9.17, 15) is 0 Å². The Hall–Kier alpha value is -0.290. The van der Waals surface area contributed by atoms with Gasteiger partial charge in [0.25, 0.3) is 0 Å². The van der Waals surface area contributed by atoms with Gasteiger partial charge >= 0.3 is 0 Å². The van der Waals surface area contributed by atoms with Crippen LogP contribution in [0.25, 0.3) is 0 Å². The molecule has 0 saturated carbocycles. The Bertz CT molecular complexity index is 326. The van der Waals surface area contributed by atoms with Gasteiger partial charge in [0.15, 0.2) is 0 Å². The highest BCUT2D eigenvalue weighted by atomic mass is 79.9. The molecule has 3 nitrogen and oxygen atoms in total. The zero-order valence-electron chi connectivity index (χ0n) is 8.61. The first-order chi connectivity index (χ1) is 7.24. The molecule has 15 heavy (non-hydrogen) atoms. The smallest absolute Gasteiger partial charge is 0.130 e. The molecule has 1 aliphatic rings. The van der Waals surface area contributed by atoms with Crippen molar-refractivity contribution in [1.29, 1.82) is 0 Å². The van der Waals surface area contributed by atoms with Crippen LogP contribution in [0.3, 0.4) is 0 Å². The van der Waals surface area contributed by atoms with Gasteiger partial charge < -0.3 is 5.32 Å². The molecule has 0 aliphatic carbocycles. The van der Waals surface area contributed by atoms with Crippen molar-refractivity contribution in [2.45, 2.75) is 31.1 Å². The summed E-state index contributed by atoms with van der Waals surface area (Å²) < 4.78 is 0.830. The van der Waals surface area contributed by atoms with E-state index in [1.165, 1.54) is 18.6 Å². The van der Waals surface area contributed by atoms with Crippen LogP contribution in [0, 0.1) is 0 Å². The van der Waals surface area contributed by atoms with Crippen LogP contribution in [0.4, 0.5) is 5.82 Å². The maximum absolute atomic E-state index is 4.19. The highest BCUT2D eigenvalue weighted by Crippen LogP contribution is 2.26. The van der Waals surface area contributed by atoms with Gasteiger partial charge in [-0.15, -0.1) is 0 Å². The van der Waals surface area contributed by atoms with Crippen LogP contribution in [0.1, 0.15) is 19.8 Å². The Morgan fingerprint density at radius 3 is 3.00 bits per heavy atom. The topological polar surface area (TPSA) is 37.8 Å². The minimum atomic E-state index is 0.549. The van der Waals surface area contributed by atoms with Gasteiger partial charge in [0.05, 0.1) is 0 Å². The number of nitrogens with one attached hydrogen (secondary N) is 1. The van der Waals surface area contributed by atoms with Crippen molar-refractivity contribution in [3.63, 3.8) is 0 Å². The third-order valence-electron chi connectivity index (χ3n) is 2.49. The molecule has 0 spiro atoms. The van der Waals surface area contributed by atoms with Crippen LogP contribution >= 0.6 is 27.7 Å². The predicted molar refractivity (Wildman–Crippen MR) is 68.3 cm³/mol. The van der Waals surface area contributed by atoms with E-state index in [0.717, 1.165) is 15.7 Å². The minimum absolute atomic E-state index is 0.549. The van der Waals surface area contributed by atoms with Gasteiger partial charge in [-0.2, -0.15) is 11.8 Å². The second-order valence-corrected chi connectivity index (χ2v) is 6.07. The zero-order valence-corrected chi connectivity index (χ0v) is 11.0. The van der Waals surface area contributed by atoms with Crippen molar-refractivity contribution in [1.82, 2.24) is 9.97 Å². The fourth-order valence-electron chi connectivity index (χ4n) is 1.62. The number of halogens is 1. The van der Waals surface area contributed by atoms with Gasteiger partial charge in [-0.3, -0.25) is 0 Å². The van der Waals surface area contributed by atoms with Crippen LogP contribution in [0.15, 0.2) is 17.0 Å². The summed E-state index contributed by atoms with van der Waals surface area (Å²) in [6, 6.07) is 2.47. The Balaban J connectivity index is 1.92. The third kappa shape index (κ3) is 3.34. The molecule has 2 atom stereocenters. The molecule has 1 aromatic rings. The van der Waals surface area contributed by atoms with Gasteiger partial charge in [0.2, 0.25) is 0 Å². The summed E-state index contributed by atoms with van der Waals surface area (Å²) in [5.74, 6) is 2.08. The van der Waals surface area contributed by atoms with Gasteiger partial charge in [-0.05, 0) is 28.8 Å². The SMILES string of the molecule is CC1CCC(Nc2cc(Br)ncn2)CS1. The van der Waals surface area contributed by atoms with E-state index in [4.69, 9.17) is 0 Å². The Morgan fingerprint density at radius 2 is 2.33 bits per heavy atom. The minimum Gasteiger partial charge on any atom is -0.366 e. The molecule has 2 rings (SSSR count). The zero-order chi connectivity index (χ0) is 10.7. The predicted octanol–water partition coefficient (Wildman–Crippen LogP) is 2.94. The molecule has 1 saturated heterocycles. The van der Waals surface area contributed by atoms with Crippen LogP contribution in [-0.2, 0) is 0 Å². The lowest BCUT2D eigenvalue weighted by Gasteiger charge is -2.26. The molecule has 1 aliphatic heterocycles. The highest BCUT2D eigenvalue weighted by Gasteiger charge is 2.18. The molecular weight excluding hydrogens is 274 g/mol. The molecule has 1 fully saturated rings. The summed E-state index contributed by atoms with van der Waals surface area (Å²) in [6.45, 7) is 2.29. The van der Waals surface area contributed by atoms with E-state index in [-0.39, 0.29) is 0 Å². The number of aromatic nitrogens is 2. The summed E-state index contributed by atoms with van der Waals surface area (Å²) in [5.41, 5.74) is 0. The molecule has 1 N–H and O–H groups in total. The number of anilines is 1. The second-order valence-electron chi connectivity index (χ2n) is 3.79. The molecule has 82 valence electrons. The highest BCUT2D eigenvalue weighted by molar-refractivity contribution is 9.10. The van der Waals surface area contributed by atoms with Gasteiger partial charge in [-0.25, -0.2) is 9.97 Å². The molecule has 1 aromatic heterocycles. The van der Waals surface area contributed by atoms with Crippen molar-refractivity contribution >= 4 is 33.5 Å². The van der Waals surface area contributed by atoms with Gasteiger partial charge in [0, 0.05) is 23.1 Å². The summed E-state index contributed by atoms with van der Waals surface area (Å²) in [7, 11) is 0. The fourth-order valence-corrected chi connectivity index (χ4v) is 3.04. The first-order valence-corrected chi connectivity index (χ1v) is 6.94. The average Bonchev–Trinajstić information content (AvgIpc) is 2.22. The quantitative estimate of drug-likeness (QED) is 0.849. The van der Waals surface area contributed by atoms with E-state index in [1.54, 1.807) is 6.33 Å². The first-order valence-electron chi connectivity index (χ1n) is 5.10. The maximum atomic E-state index is 4.19. The Labute approximate surface area is 103 Å². The van der Waals surface area contributed by atoms with Crippen molar-refractivity contribution < 1.29 is 0 Å². The lowest BCUT2D eigenvalue weighted by Crippen LogP contribution is -2.28. The molecule has 0 bridgehead atoms. The van der Waals surface area contributed by atoms with E-state index in [2.05, 4.69) is 38.1 Å². The van der Waals surface area contributed by atoms with E-state index in [0.29, 0.717) is 6.04 Å². The third-order valence-corrected chi connectivity index (χ3v) is 4.32. The molecule has 2 unspecified atom stereocenters.